The van der Waals surface area contributed by atoms with E-state index in [0.717, 1.165) is 44.1 Å². The Labute approximate surface area is 257 Å². The van der Waals surface area contributed by atoms with Gasteiger partial charge in [-0.3, -0.25) is 4.79 Å². The topological polar surface area (TPSA) is 146 Å². The first-order chi connectivity index (χ1) is 21.2. The van der Waals surface area contributed by atoms with Gasteiger partial charge in [0.1, 0.15) is 6.10 Å². The number of hydrogen-bond donors (Lipinski definition) is 1. The van der Waals surface area contributed by atoms with E-state index in [0.29, 0.717) is 18.9 Å². The number of fused-ring (bicyclic) bond motifs is 2. The molecule has 1 spiro atoms. The summed E-state index contributed by atoms with van der Waals surface area (Å²) in [5, 5.41) is 3.84. The molecule has 1 aliphatic carbocycles. The molecule has 1 aromatic rings. The number of nitrogens with zero attached hydrogens (tertiary/aromatic N) is 1. The first kappa shape index (κ1) is 31.4. The quantitative estimate of drug-likeness (QED) is 0.104. The summed E-state index contributed by atoms with van der Waals surface area (Å²) in [5.41, 5.74) is 6.22. The van der Waals surface area contributed by atoms with Crippen LogP contribution in [0.4, 0.5) is 0 Å². The summed E-state index contributed by atoms with van der Waals surface area (Å²) in [5.74, 6) is -1.79. The molecule has 6 fully saturated rings. The van der Waals surface area contributed by atoms with Crippen molar-refractivity contribution in [1.82, 2.24) is 0 Å². The predicted molar refractivity (Wildman–Crippen MR) is 154 cm³/mol. The van der Waals surface area contributed by atoms with Gasteiger partial charge in [-0.05, 0) is 62.8 Å². The van der Waals surface area contributed by atoms with Crippen LogP contribution < -0.4 is 5.73 Å². The normalized spacial score (nSPS) is 39.1. The molecule has 242 valence electrons. The van der Waals surface area contributed by atoms with Gasteiger partial charge in [-0.25, -0.2) is 14.6 Å². The Morgan fingerprint density at radius 2 is 1.82 bits per heavy atom. The number of amidine groups is 1. The second kappa shape index (κ2) is 13.0. The first-order valence-corrected chi connectivity index (χ1v) is 15.9. The molecule has 10 atom stereocenters. The van der Waals surface area contributed by atoms with E-state index in [9.17, 15) is 9.59 Å². The maximum atomic E-state index is 12.9. The van der Waals surface area contributed by atoms with Gasteiger partial charge < -0.3 is 34.3 Å². The van der Waals surface area contributed by atoms with Crippen LogP contribution >= 0.6 is 0 Å². The molecule has 12 nitrogen and oxygen atoms in total. The van der Waals surface area contributed by atoms with Crippen molar-refractivity contribution in [3.05, 3.63) is 35.9 Å². The zero-order valence-corrected chi connectivity index (χ0v) is 25.7. The van der Waals surface area contributed by atoms with Gasteiger partial charge in [0, 0.05) is 24.9 Å². The Morgan fingerprint density at radius 3 is 2.59 bits per heavy atom. The summed E-state index contributed by atoms with van der Waals surface area (Å²) < 4.78 is 30.2. The Balaban J connectivity index is 1.04. The minimum Gasteiger partial charge on any atom is -0.435 e. The van der Waals surface area contributed by atoms with Crippen LogP contribution in [0.2, 0.25) is 0 Å². The van der Waals surface area contributed by atoms with Crippen LogP contribution in [0.5, 0.6) is 0 Å². The van der Waals surface area contributed by atoms with E-state index in [1.807, 2.05) is 44.2 Å². The third-order valence-electron chi connectivity index (χ3n) is 9.93. The van der Waals surface area contributed by atoms with Gasteiger partial charge in [0.2, 0.25) is 12.1 Å². The summed E-state index contributed by atoms with van der Waals surface area (Å²) in [6.07, 6.45) is 2.97. The van der Waals surface area contributed by atoms with Crippen molar-refractivity contribution in [2.45, 2.75) is 115 Å². The highest BCUT2D eigenvalue weighted by Crippen LogP contribution is 2.60. The summed E-state index contributed by atoms with van der Waals surface area (Å²) >= 11 is 0. The number of esters is 1. The smallest absolute Gasteiger partial charge is 0.335 e. The molecule has 12 heteroatoms. The van der Waals surface area contributed by atoms with E-state index in [2.05, 4.69) is 12.1 Å². The molecule has 0 unspecified atom stereocenters. The van der Waals surface area contributed by atoms with Crippen molar-refractivity contribution >= 4 is 17.8 Å². The highest BCUT2D eigenvalue weighted by Gasteiger charge is 2.69. The predicted octanol–water partition coefficient (Wildman–Crippen LogP) is 4.62. The Bertz CT molecular complexity index is 1210. The lowest BCUT2D eigenvalue weighted by Gasteiger charge is -2.59. The van der Waals surface area contributed by atoms with Crippen LogP contribution in [0, 0.1) is 23.7 Å². The van der Waals surface area contributed by atoms with Crippen molar-refractivity contribution in [2.24, 2.45) is 34.6 Å². The fourth-order valence-corrected chi connectivity index (χ4v) is 7.51. The summed E-state index contributed by atoms with van der Waals surface area (Å²) in [6.45, 7) is 6.69. The number of carbonyl (C=O) groups excluding carboxylic acids is 2. The molecule has 44 heavy (non-hydrogen) atoms. The second-order valence-corrected chi connectivity index (χ2v) is 13.0. The Hall–Kier alpha value is -2.61. The standard InChI is InChI=1S/C32H44N2O10/c1-19-12-13-23-20(2)29(40-30-32(23)22(19)16-17-31(3,41-30)43-44-32)38-24(35)14-15-25(36)42-34-28(33)27(21-9-5-4-6-10-21)39-26-11-7-8-18-37-26/h4-6,9-10,19-20,22-23,26-27,29-30H,7-8,11-18H2,1-3H3,(H2,33,34)/t19-,20-,22-,23-,26-,27-,29-,30-,31-,32-/m1/s1. The van der Waals surface area contributed by atoms with Gasteiger partial charge in [0.15, 0.2) is 24.0 Å². The fourth-order valence-electron chi connectivity index (χ4n) is 7.51. The van der Waals surface area contributed by atoms with E-state index >= 15 is 0 Å². The van der Waals surface area contributed by atoms with Crippen molar-refractivity contribution in [3.8, 4) is 0 Å². The number of ether oxygens (including phenoxy) is 5. The zero-order valence-electron chi connectivity index (χ0n) is 25.7. The largest absolute Gasteiger partial charge is 0.435 e. The molecular weight excluding hydrogens is 572 g/mol. The average molecular weight is 617 g/mol. The van der Waals surface area contributed by atoms with Crippen LogP contribution in [-0.2, 0) is 47.9 Å². The number of benzene rings is 1. The van der Waals surface area contributed by atoms with Gasteiger partial charge in [0.05, 0.1) is 12.8 Å². The zero-order chi connectivity index (χ0) is 30.9. The summed E-state index contributed by atoms with van der Waals surface area (Å²) in [4.78, 5) is 42.5. The molecule has 1 aromatic carbocycles. The van der Waals surface area contributed by atoms with Crippen LogP contribution in [0.1, 0.15) is 90.2 Å². The van der Waals surface area contributed by atoms with Crippen LogP contribution in [0.15, 0.2) is 35.5 Å². The van der Waals surface area contributed by atoms with Crippen molar-refractivity contribution < 1.29 is 47.9 Å². The molecule has 1 saturated carbocycles. The van der Waals surface area contributed by atoms with Gasteiger partial charge in [0.25, 0.3) is 0 Å². The van der Waals surface area contributed by atoms with Gasteiger partial charge in [-0.1, -0.05) is 49.3 Å². The van der Waals surface area contributed by atoms with E-state index in [1.165, 1.54) is 0 Å². The Kier molecular flexibility index (Phi) is 9.28. The highest BCUT2D eigenvalue weighted by atomic mass is 17.3. The Morgan fingerprint density at radius 1 is 1.02 bits per heavy atom. The van der Waals surface area contributed by atoms with Gasteiger partial charge in [-0.2, -0.15) is 0 Å². The maximum Gasteiger partial charge on any atom is 0.335 e. The van der Waals surface area contributed by atoms with Gasteiger partial charge in [-0.15, -0.1) is 0 Å². The number of rotatable bonds is 9. The third kappa shape index (κ3) is 6.25. The lowest BCUT2D eigenvalue weighted by molar-refractivity contribution is -0.576. The van der Waals surface area contributed by atoms with E-state index < -0.39 is 48.3 Å². The number of carbonyl (C=O) groups is 2. The summed E-state index contributed by atoms with van der Waals surface area (Å²) in [7, 11) is 0. The second-order valence-electron chi connectivity index (χ2n) is 13.0. The van der Waals surface area contributed by atoms with Crippen LogP contribution in [0.3, 0.4) is 0 Å². The number of hydrogen-bond acceptors (Lipinski definition) is 11. The lowest BCUT2D eigenvalue weighted by Crippen LogP contribution is -2.70. The minimum atomic E-state index is -0.924. The molecule has 0 aromatic heterocycles. The molecule has 5 saturated heterocycles. The monoisotopic (exact) mass is 616 g/mol. The molecule has 5 aliphatic heterocycles. The lowest BCUT2D eigenvalue weighted by atomic mass is 9.58. The molecule has 5 heterocycles. The van der Waals surface area contributed by atoms with E-state index in [1.54, 1.807) is 0 Å². The van der Waals surface area contributed by atoms with Crippen molar-refractivity contribution in [3.63, 3.8) is 0 Å². The molecular formula is C32H44N2O10. The molecule has 7 rings (SSSR count). The SMILES string of the molecule is C[C@H]1[C@H](OC(=O)CCC(=O)O/N=C(/N)[C@H](O[C@@H]2CCCCO2)c2ccccc2)O[C@@H]2O[C@@]3(C)CC[C@@H]4[C@H](C)CC[C@H]1[C@@]24OO3. The fraction of sp³-hybridized carbons (Fsp3) is 0.719. The molecule has 2 bridgehead atoms. The molecule has 2 N–H and O–H groups in total. The number of nitrogens with two attached hydrogens (primary N) is 1. The van der Waals surface area contributed by atoms with E-state index in [4.69, 9.17) is 44.0 Å². The molecule has 0 radical (unpaired) electrons. The average Bonchev–Trinajstić information content (AvgIpc) is 3.26. The summed E-state index contributed by atoms with van der Waals surface area (Å²) in [6, 6.07) is 9.29. The molecule has 0 amide bonds. The first-order valence-electron chi connectivity index (χ1n) is 15.9. The van der Waals surface area contributed by atoms with Gasteiger partial charge >= 0.3 is 11.9 Å². The third-order valence-corrected chi connectivity index (χ3v) is 9.93. The maximum absolute atomic E-state index is 12.9. The number of oxime groups is 1. The highest BCUT2D eigenvalue weighted by molar-refractivity contribution is 5.86. The van der Waals surface area contributed by atoms with Crippen LogP contribution in [0.25, 0.3) is 0 Å². The van der Waals surface area contributed by atoms with E-state index in [-0.39, 0.29) is 36.4 Å². The van der Waals surface area contributed by atoms with Crippen molar-refractivity contribution in [1.29, 1.82) is 0 Å². The van der Waals surface area contributed by atoms with Crippen LogP contribution in [-0.4, -0.2) is 54.6 Å². The van der Waals surface area contributed by atoms with Crippen molar-refractivity contribution in [2.75, 3.05) is 6.61 Å². The molecule has 6 aliphatic rings. The minimum absolute atomic E-state index is 0.0176.